The summed E-state index contributed by atoms with van der Waals surface area (Å²) in [4.78, 5) is 4.59. The molecule has 1 N–H and O–H groups in total. The van der Waals surface area contributed by atoms with Crippen molar-refractivity contribution in [1.82, 2.24) is 4.98 Å². The fourth-order valence-corrected chi connectivity index (χ4v) is 5.27. The van der Waals surface area contributed by atoms with Crippen molar-refractivity contribution < 1.29 is 27.4 Å². The SMILES string of the molecule is COc1cc(Cc2nccc3cc(OC)c(OC)cc23)c(NS(=O)(=O)Cc2ccccc2)cc1OC. The molecule has 0 aliphatic rings. The van der Waals surface area contributed by atoms with Crippen LogP contribution in [-0.4, -0.2) is 41.8 Å². The highest BCUT2D eigenvalue weighted by molar-refractivity contribution is 7.91. The van der Waals surface area contributed by atoms with Gasteiger partial charge in [-0.3, -0.25) is 9.71 Å². The van der Waals surface area contributed by atoms with Gasteiger partial charge in [-0.15, -0.1) is 0 Å². The van der Waals surface area contributed by atoms with Crippen molar-refractivity contribution in [2.45, 2.75) is 12.2 Å². The summed E-state index contributed by atoms with van der Waals surface area (Å²) in [7, 11) is 2.49. The van der Waals surface area contributed by atoms with E-state index in [1.807, 2.05) is 36.4 Å². The summed E-state index contributed by atoms with van der Waals surface area (Å²) in [5.41, 5.74) is 2.50. The lowest BCUT2D eigenvalue weighted by Gasteiger charge is -2.17. The predicted octanol–water partition coefficient (Wildman–Crippen LogP) is 4.80. The Bertz CT molecular complexity index is 1470. The smallest absolute Gasteiger partial charge is 0.236 e. The van der Waals surface area contributed by atoms with Gasteiger partial charge in [0.05, 0.1) is 45.6 Å². The summed E-state index contributed by atoms with van der Waals surface area (Å²) in [6.45, 7) is 0. The molecule has 9 heteroatoms. The van der Waals surface area contributed by atoms with Crippen molar-refractivity contribution in [3.8, 4) is 23.0 Å². The zero-order valence-corrected chi connectivity index (χ0v) is 21.4. The van der Waals surface area contributed by atoms with Gasteiger partial charge < -0.3 is 18.9 Å². The molecule has 0 aliphatic carbocycles. The molecule has 8 nitrogen and oxygen atoms in total. The Hall–Kier alpha value is -3.98. The Kier molecular flexibility index (Phi) is 7.49. The molecule has 0 radical (unpaired) electrons. The molecule has 4 aromatic rings. The van der Waals surface area contributed by atoms with Crippen LogP contribution in [-0.2, 0) is 22.2 Å². The molecule has 0 fully saturated rings. The van der Waals surface area contributed by atoms with Crippen molar-refractivity contribution >= 4 is 26.5 Å². The summed E-state index contributed by atoms with van der Waals surface area (Å²) in [6.07, 6.45) is 2.04. The van der Waals surface area contributed by atoms with Gasteiger partial charge in [-0.1, -0.05) is 30.3 Å². The van der Waals surface area contributed by atoms with Gasteiger partial charge in [-0.05, 0) is 40.8 Å². The Morgan fingerprint density at radius 1 is 0.778 bits per heavy atom. The van der Waals surface area contributed by atoms with Crippen molar-refractivity contribution in [1.29, 1.82) is 0 Å². The molecule has 0 saturated carbocycles. The molecule has 0 bridgehead atoms. The van der Waals surface area contributed by atoms with Crippen LogP contribution in [0.2, 0.25) is 0 Å². The number of nitrogens with zero attached hydrogens (tertiary/aromatic N) is 1. The number of anilines is 1. The third kappa shape index (κ3) is 5.46. The van der Waals surface area contributed by atoms with Crippen LogP contribution in [0, 0.1) is 0 Å². The molecule has 3 aromatic carbocycles. The molecule has 188 valence electrons. The molecule has 0 unspecified atom stereocenters. The average molecular weight is 509 g/mol. The summed E-state index contributed by atoms with van der Waals surface area (Å²) >= 11 is 0. The standard InChI is InChI=1S/C27H28N2O6S/c1-32-24-13-19-10-11-28-23(21(19)15-26(24)34-3)12-20-14-25(33-2)27(35-4)16-22(20)29-36(30,31)17-18-8-6-5-7-9-18/h5-11,13-16,29H,12,17H2,1-4H3. The van der Waals surface area contributed by atoms with E-state index in [2.05, 4.69) is 9.71 Å². The van der Waals surface area contributed by atoms with E-state index in [0.717, 1.165) is 16.5 Å². The fourth-order valence-electron chi connectivity index (χ4n) is 4.04. The first-order valence-electron chi connectivity index (χ1n) is 11.2. The van der Waals surface area contributed by atoms with Crippen LogP contribution in [0.1, 0.15) is 16.8 Å². The normalized spacial score (nSPS) is 11.2. The van der Waals surface area contributed by atoms with Gasteiger partial charge >= 0.3 is 0 Å². The second-order valence-corrected chi connectivity index (χ2v) is 9.80. The molecule has 0 spiro atoms. The highest BCUT2D eigenvalue weighted by Gasteiger charge is 2.19. The maximum Gasteiger partial charge on any atom is 0.236 e. The van der Waals surface area contributed by atoms with Crippen LogP contribution in [0.4, 0.5) is 5.69 Å². The van der Waals surface area contributed by atoms with Gasteiger partial charge in [0.25, 0.3) is 0 Å². The molecule has 0 saturated heterocycles. The lowest BCUT2D eigenvalue weighted by atomic mass is 10.0. The Labute approximate surface area is 210 Å². The van der Waals surface area contributed by atoms with Crippen LogP contribution in [0.15, 0.2) is 66.9 Å². The lowest BCUT2D eigenvalue weighted by Crippen LogP contribution is -2.16. The highest BCUT2D eigenvalue weighted by atomic mass is 32.2. The maximum atomic E-state index is 13.1. The first kappa shape index (κ1) is 25.1. The molecular weight excluding hydrogens is 480 g/mol. The largest absolute Gasteiger partial charge is 0.493 e. The van der Waals surface area contributed by atoms with E-state index in [0.29, 0.717) is 46.2 Å². The second kappa shape index (κ2) is 10.7. The van der Waals surface area contributed by atoms with E-state index in [9.17, 15) is 8.42 Å². The Balaban J connectivity index is 1.77. The molecule has 0 atom stereocenters. The van der Waals surface area contributed by atoms with E-state index in [1.165, 1.54) is 14.2 Å². The van der Waals surface area contributed by atoms with E-state index < -0.39 is 10.0 Å². The lowest BCUT2D eigenvalue weighted by molar-refractivity contribution is 0.355. The molecular formula is C27H28N2O6S. The van der Waals surface area contributed by atoms with Crippen LogP contribution in [0.3, 0.4) is 0 Å². The maximum absolute atomic E-state index is 13.1. The summed E-state index contributed by atoms with van der Waals surface area (Å²) in [5.74, 6) is 1.93. The number of sulfonamides is 1. The quantitative estimate of drug-likeness (QED) is 0.329. The number of ether oxygens (including phenoxy) is 4. The van der Waals surface area contributed by atoms with Gasteiger partial charge in [-0.25, -0.2) is 8.42 Å². The number of hydrogen-bond acceptors (Lipinski definition) is 7. The van der Waals surface area contributed by atoms with Crippen molar-refractivity contribution in [2.75, 3.05) is 33.2 Å². The van der Waals surface area contributed by atoms with Crippen molar-refractivity contribution in [3.05, 3.63) is 83.7 Å². The number of hydrogen-bond donors (Lipinski definition) is 1. The molecule has 0 amide bonds. The number of pyridine rings is 1. The number of methoxy groups -OCH3 is 4. The van der Waals surface area contributed by atoms with E-state index in [-0.39, 0.29) is 5.75 Å². The zero-order chi connectivity index (χ0) is 25.7. The van der Waals surface area contributed by atoms with Gasteiger partial charge in [0.15, 0.2) is 23.0 Å². The van der Waals surface area contributed by atoms with Crippen LogP contribution >= 0.6 is 0 Å². The predicted molar refractivity (Wildman–Crippen MR) is 140 cm³/mol. The second-order valence-electron chi connectivity index (χ2n) is 8.07. The minimum Gasteiger partial charge on any atom is -0.493 e. The average Bonchev–Trinajstić information content (AvgIpc) is 2.88. The van der Waals surface area contributed by atoms with E-state index >= 15 is 0 Å². The number of rotatable bonds is 10. The van der Waals surface area contributed by atoms with Crippen molar-refractivity contribution in [3.63, 3.8) is 0 Å². The first-order valence-corrected chi connectivity index (χ1v) is 12.8. The van der Waals surface area contributed by atoms with E-state index in [1.54, 1.807) is 44.7 Å². The molecule has 36 heavy (non-hydrogen) atoms. The van der Waals surface area contributed by atoms with Gasteiger partial charge in [0.1, 0.15) is 0 Å². The molecule has 4 rings (SSSR count). The Morgan fingerprint density at radius 2 is 1.39 bits per heavy atom. The highest BCUT2D eigenvalue weighted by Crippen LogP contribution is 2.37. The van der Waals surface area contributed by atoms with E-state index in [4.69, 9.17) is 18.9 Å². The van der Waals surface area contributed by atoms with Gasteiger partial charge in [0, 0.05) is 24.1 Å². The minimum atomic E-state index is -3.71. The van der Waals surface area contributed by atoms with Gasteiger partial charge in [-0.2, -0.15) is 0 Å². The van der Waals surface area contributed by atoms with Crippen molar-refractivity contribution in [2.24, 2.45) is 0 Å². The first-order chi connectivity index (χ1) is 17.4. The van der Waals surface area contributed by atoms with Crippen LogP contribution in [0.5, 0.6) is 23.0 Å². The molecule has 0 aliphatic heterocycles. The number of fused-ring (bicyclic) bond motifs is 1. The summed E-state index contributed by atoms with van der Waals surface area (Å²) in [6, 6.07) is 18.0. The number of aromatic nitrogens is 1. The molecule has 1 aromatic heterocycles. The number of benzene rings is 3. The topological polar surface area (TPSA) is 96.0 Å². The molecule has 1 heterocycles. The Morgan fingerprint density at radius 3 is 2.06 bits per heavy atom. The third-order valence-electron chi connectivity index (χ3n) is 5.78. The minimum absolute atomic E-state index is 0.162. The van der Waals surface area contributed by atoms with Gasteiger partial charge in [0.2, 0.25) is 10.0 Å². The third-order valence-corrected chi connectivity index (χ3v) is 7.03. The monoisotopic (exact) mass is 508 g/mol. The van der Waals surface area contributed by atoms with Crippen LogP contribution < -0.4 is 23.7 Å². The summed E-state index contributed by atoms with van der Waals surface area (Å²) < 4.78 is 50.7. The fraction of sp³-hybridized carbons (Fsp3) is 0.222. The zero-order valence-electron chi connectivity index (χ0n) is 20.6. The van der Waals surface area contributed by atoms with Crippen LogP contribution in [0.25, 0.3) is 10.8 Å². The number of nitrogens with one attached hydrogen (secondary N) is 1. The summed E-state index contributed by atoms with van der Waals surface area (Å²) in [5, 5.41) is 1.78.